The number of aliphatic hydroxyl groups is 1. The van der Waals surface area contributed by atoms with Crippen molar-refractivity contribution in [2.75, 3.05) is 25.2 Å². The van der Waals surface area contributed by atoms with Crippen molar-refractivity contribution in [1.82, 2.24) is 5.32 Å². The molecule has 15 heavy (non-hydrogen) atoms. The highest BCUT2D eigenvalue weighted by Crippen LogP contribution is 2.41. The molecular weight excluding hydrogens is 212 g/mol. The van der Waals surface area contributed by atoms with Crippen molar-refractivity contribution in [2.45, 2.75) is 24.8 Å². The normalized spacial score (nSPS) is 19.9. The first-order valence-corrected chi connectivity index (χ1v) is 6.50. The number of nitrogens with one attached hydrogen (secondary N) is 1. The van der Waals surface area contributed by atoms with Crippen molar-refractivity contribution >= 4 is 17.7 Å². The smallest absolute Gasteiger partial charge is 0.238 e. The molecule has 1 amide bonds. The molecule has 1 aliphatic rings. The molecule has 1 unspecified atom stereocenters. The number of nitrogens with two attached hydrogens (primary N) is 1. The number of aliphatic hydroxyl groups excluding tert-OH is 1. The summed E-state index contributed by atoms with van der Waals surface area (Å²) >= 11 is 1.68. The lowest BCUT2D eigenvalue weighted by Crippen LogP contribution is -2.58. The summed E-state index contributed by atoms with van der Waals surface area (Å²) < 4.78 is 0. The molecule has 1 saturated carbocycles. The van der Waals surface area contributed by atoms with Gasteiger partial charge in [0.25, 0.3) is 0 Å². The number of likely N-dealkylation sites (N-methyl/N-ethyl adjacent to an activating group) is 1. The van der Waals surface area contributed by atoms with E-state index in [1.807, 2.05) is 0 Å². The average Bonchev–Trinajstić information content (AvgIpc) is 3.02. The monoisotopic (exact) mass is 232 g/mol. The van der Waals surface area contributed by atoms with Gasteiger partial charge in [-0.05, 0) is 38.0 Å². The highest BCUT2D eigenvalue weighted by molar-refractivity contribution is 7.99. The fraction of sp³-hybridized carbons (Fsp3) is 0.900. The summed E-state index contributed by atoms with van der Waals surface area (Å²) in [7, 11) is 1.80. The molecule has 1 aliphatic carbocycles. The highest BCUT2D eigenvalue weighted by atomic mass is 32.2. The van der Waals surface area contributed by atoms with E-state index in [0.717, 1.165) is 25.0 Å². The maximum absolute atomic E-state index is 11.5. The van der Waals surface area contributed by atoms with Crippen LogP contribution in [0.5, 0.6) is 0 Å². The molecule has 1 atom stereocenters. The van der Waals surface area contributed by atoms with Gasteiger partial charge < -0.3 is 16.2 Å². The number of thioether (sulfide) groups is 1. The average molecular weight is 232 g/mol. The zero-order valence-corrected chi connectivity index (χ0v) is 9.98. The predicted molar refractivity (Wildman–Crippen MR) is 62.7 cm³/mol. The first-order chi connectivity index (χ1) is 7.17. The Hall–Kier alpha value is -0.260. The molecule has 1 rings (SSSR count). The Kier molecular flexibility index (Phi) is 4.89. The third-order valence-electron chi connectivity index (χ3n) is 2.94. The van der Waals surface area contributed by atoms with Gasteiger partial charge in [0.15, 0.2) is 0 Å². The molecule has 0 aromatic rings. The van der Waals surface area contributed by atoms with E-state index in [-0.39, 0.29) is 12.5 Å². The highest BCUT2D eigenvalue weighted by Gasteiger charge is 2.48. The third kappa shape index (κ3) is 3.09. The summed E-state index contributed by atoms with van der Waals surface area (Å²) in [6, 6.07) is 0. The number of amides is 1. The minimum atomic E-state index is -0.528. The van der Waals surface area contributed by atoms with Gasteiger partial charge in [0, 0.05) is 12.4 Å². The number of hydrogen-bond donors (Lipinski definition) is 3. The van der Waals surface area contributed by atoms with Crippen LogP contribution < -0.4 is 11.1 Å². The summed E-state index contributed by atoms with van der Waals surface area (Å²) in [5, 5.41) is 11.8. The number of primary amides is 1. The molecule has 0 aliphatic heterocycles. The Morgan fingerprint density at radius 3 is 2.73 bits per heavy atom. The van der Waals surface area contributed by atoms with Gasteiger partial charge in [0.1, 0.15) is 5.54 Å². The van der Waals surface area contributed by atoms with Crippen LogP contribution in [-0.4, -0.2) is 41.7 Å². The zero-order valence-electron chi connectivity index (χ0n) is 9.16. The van der Waals surface area contributed by atoms with Crippen molar-refractivity contribution in [3.05, 3.63) is 0 Å². The lowest BCUT2D eigenvalue weighted by molar-refractivity contribution is -0.124. The minimum absolute atomic E-state index is 0.208. The van der Waals surface area contributed by atoms with Crippen LogP contribution >= 0.6 is 11.8 Å². The van der Waals surface area contributed by atoms with Crippen LogP contribution in [0.4, 0.5) is 0 Å². The number of rotatable bonds is 8. The van der Waals surface area contributed by atoms with E-state index < -0.39 is 5.54 Å². The van der Waals surface area contributed by atoms with E-state index in [0.29, 0.717) is 11.7 Å². The van der Waals surface area contributed by atoms with Crippen molar-refractivity contribution in [3.8, 4) is 0 Å². The molecule has 4 N–H and O–H groups in total. The van der Waals surface area contributed by atoms with E-state index in [1.54, 1.807) is 18.8 Å². The first kappa shape index (κ1) is 12.8. The van der Waals surface area contributed by atoms with Crippen LogP contribution in [0.25, 0.3) is 0 Å². The molecule has 0 saturated heterocycles. The van der Waals surface area contributed by atoms with Crippen molar-refractivity contribution < 1.29 is 9.90 Å². The maximum Gasteiger partial charge on any atom is 0.238 e. The van der Waals surface area contributed by atoms with E-state index in [2.05, 4.69) is 5.32 Å². The van der Waals surface area contributed by atoms with Gasteiger partial charge in [0.05, 0.1) is 0 Å². The third-order valence-corrected chi connectivity index (χ3v) is 4.17. The number of carbonyl (C=O) groups excluding carboxylic acids is 1. The molecule has 4 nitrogen and oxygen atoms in total. The van der Waals surface area contributed by atoms with E-state index in [4.69, 9.17) is 10.8 Å². The van der Waals surface area contributed by atoms with Gasteiger partial charge in [-0.2, -0.15) is 11.8 Å². The van der Waals surface area contributed by atoms with Crippen LogP contribution in [0.1, 0.15) is 19.3 Å². The Balaban J connectivity index is 2.44. The summed E-state index contributed by atoms with van der Waals surface area (Å²) in [4.78, 5) is 11.5. The second-order valence-electron chi connectivity index (χ2n) is 3.99. The molecule has 0 spiro atoms. The topological polar surface area (TPSA) is 75.3 Å². The van der Waals surface area contributed by atoms with E-state index in [9.17, 15) is 4.79 Å². The predicted octanol–water partition coefficient (Wildman–Crippen LogP) is -0.0445. The number of hydrogen-bond acceptors (Lipinski definition) is 4. The second-order valence-corrected chi connectivity index (χ2v) is 5.09. The van der Waals surface area contributed by atoms with Crippen molar-refractivity contribution in [2.24, 2.45) is 11.7 Å². The van der Waals surface area contributed by atoms with Crippen LogP contribution in [0.15, 0.2) is 0 Å². The van der Waals surface area contributed by atoms with Gasteiger partial charge in [-0.1, -0.05) is 0 Å². The van der Waals surface area contributed by atoms with Crippen LogP contribution in [0, 0.1) is 5.92 Å². The summed E-state index contributed by atoms with van der Waals surface area (Å²) in [6.07, 6.45) is 2.95. The lowest BCUT2D eigenvalue weighted by Gasteiger charge is -2.30. The van der Waals surface area contributed by atoms with E-state index >= 15 is 0 Å². The molecule has 0 radical (unpaired) electrons. The summed E-state index contributed by atoms with van der Waals surface area (Å²) in [5.74, 6) is 1.74. The Morgan fingerprint density at radius 1 is 1.67 bits per heavy atom. The number of carbonyl (C=O) groups is 1. The molecule has 0 aromatic carbocycles. The fourth-order valence-corrected chi connectivity index (χ4v) is 3.09. The SMILES string of the molecule is CNC(CSCCCO)(C(N)=O)C1CC1. The summed E-state index contributed by atoms with van der Waals surface area (Å²) in [6.45, 7) is 0.208. The first-order valence-electron chi connectivity index (χ1n) is 5.35. The molecule has 0 bridgehead atoms. The second kappa shape index (κ2) is 5.72. The van der Waals surface area contributed by atoms with Gasteiger partial charge in [-0.15, -0.1) is 0 Å². The molecule has 0 aromatic heterocycles. The van der Waals surface area contributed by atoms with Crippen LogP contribution in [0.2, 0.25) is 0 Å². The molecule has 88 valence electrons. The van der Waals surface area contributed by atoms with Gasteiger partial charge >= 0.3 is 0 Å². The van der Waals surface area contributed by atoms with Gasteiger partial charge in [-0.3, -0.25) is 4.79 Å². The molecule has 5 heteroatoms. The maximum atomic E-state index is 11.5. The van der Waals surface area contributed by atoms with Gasteiger partial charge in [-0.25, -0.2) is 0 Å². The standard InChI is InChI=1S/C10H20N2O2S/c1-12-10(9(11)14,8-3-4-8)7-15-6-2-5-13/h8,12-13H,2-7H2,1H3,(H2,11,14). The molecule has 1 fully saturated rings. The Bertz CT molecular complexity index is 221. The van der Waals surface area contributed by atoms with Crippen molar-refractivity contribution in [1.29, 1.82) is 0 Å². The van der Waals surface area contributed by atoms with E-state index in [1.165, 1.54) is 0 Å². The molecular formula is C10H20N2O2S. The Labute approximate surface area is 95.0 Å². The largest absolute Gasteiger partial charge is 0.396 e. The fourth-order valence-electron chi connectivity index (χ4n) is 1.77. The lowest BCUT2D eigenvalue weighted by atomic mass is 9.95. The van der Waals surface area contributed by atoms with Crippen molar-refractivity contribution in [3.63, 3.8) is 0 Å². The van der Waals surface area contributed by atoms with Crippen LogP contribution in [-0.2, 0) is 4.79 Å². The van der Waals surface area contributed by atoms with Gasteiger partial charge in [0.2, 0.25) is 5.91 Å². The zero-order chi connectivity index (χ0) is 11.3. The minimum Gasteiger partial charge on any atom is -0.396 e. The molecule has 0 heterocycles. The quantitative estimate of drug-likeness (QED) is 0.513. The van der Waals surface area contributed by atoms with Crippen LogP contribution in [0.3, 0.4) is 0 Å². The summed E-state index contributed by atoms with van der Waals surface area (Å²) in [5.41, 5.74) is 4.95. The Morgan fingerprint density at radius 2 is 2.33 bits per heavy atom.